The predicted molar refractivity (Wildman–Crippen MR) is 89.9 cm³/mol. The van der Waals surface area contributed by atoms with E-state index in [0.717, 1.165) is 24.5 Å². The number of aliphatic imine (C=N–C) groups is 1. The quantitative estimate of drug-likeness (QED) is 0.556. The summed E-state index contributed by atoms with van der Waals surface area (Å²) in [5.74, 6) is 1.33. The van der Waals surface area contributed by atoms with Gasteiger partial charge in [0, 0.05) is 11.8 Å². The Kier molecular flexibility index (Phi) is 6.94. The average Bonchev–Trinajstić information content (AvgIpc) is 2.45. The summed E-state index contributed by atoms with van der Waals surface area (Å²) in [6, 6.07) is 0. The minimum Gasteiger partial charge on any atom is -0.322 e. The summed E-state index contributed by atoms with van der Waals surface area (Å²) in [4.78, 5) is 4.34. The lowest BCUT2D eigenvalue weighted by atomic mass is 9.65. The first-order valence-electron chi connectivity index (χ1n) is 7.90. The van der Waals surface area contributed by atoms with Crippen LogP contribution in [0.15, 0.2) is 41.6 Å². The Morgan fingerprint density at radius 2 is 2.15 bits per heavy atom. The molecule has 2 N–H and O–H groups in total. The van der Waals surface area contributed by atoms with Gasteiger partial charge in [0.1, 0.15) is 0 Å². The van der Waals surface area contributed by atoms with Gasteiger partial charge in [-0.25, -0.2) is 0 Å². The van der Waals surface area contributed by atoms with Gasteiger partial charge in [0.25, 0.3) is 0 Å². The Labute approximate surface area is 124 Å². The summed E-state index contributed by atoms with van der Waals surface area (Å²) in [5.41, 5.74) is 7.46. The molecule has 0 aromatic heterocycles. The molecule has 1 aliphatic rings. The standard InChI is InChI=1S/C18H30N2/c1-5-10-16(20-8-4)12-14-18(19)13-9-11-15(6-2)17(18)7-3/h5,8,10,12,14-15,17H,1,6-7,9,11,13,19H2,2-4H3/b14-12+,16-10-,20-8?. The highest BCUT2D eigenvalue weighted by atomic mass is 14.8. The number of nitrogens with zero attached hydrogens (tertiary/aromatic N) is 1. The van der Waals surface area contributed by atoms with Crippen LogP contribution in [0, 0.1) is 11.8 Å². The van der Waals surface area contributed by atoms with Crippen LogP contribution in [0.4, 0.5) is 0 Å². The topological polar surface area (TPSA) is 38.4 Å². The first-order valence-corrected chi connectivity index (χ1v) is 7.90. The molecule has 0 heterocycles. The fourth-order valence-electron chi connectivity index (χ4n) is 3.56. The molecule has 0 aliphatic heterocycles. The Hall–Kier alpha value is -1.15. The van der Waals surface area contributed by atoms with Gasteiger partial charge in [-0.15, -0.1) is 0 Å². The molecule has 0 bridgehead atoms. The minimum absolute atomic E-state index is 0.183. The molecule has 0 aromatic carbocycles. The Morgan fingerprint density at radius 1 is 1.40 bits per heavy atom. The molecular weight excluding hydrogens is 244 g/mol. The molecule has 0 amide bonds. The van der Waals surface area contributed by atoms with Gasteiger partial charge < -0.3 is 5.73 Å². The smallest absolute Gasteiger partial charge is 0.0622 e. The molecule has 0 saturated heterocycles. The molecular formula is C18H30N2. The van der Waals surface area contributed by atoms with Gasteiger partial charge in [-0.1, -0.05) is 58.3 Å². The van der Waals surface area contributed by atoms with E-state index in [0.29, 0.717) is 5.92 Å². The van der Waals surface area contributed by atoms with E-state index in [1.54, 1.807) is 12.3 Å². The van der Waals surface area contributed by atoms with Crippen molar-refractivity contribution in [3.63, 3.8) is 0 Å². The summed E-state index contributed by atoms with van der Waals surface area (Å²) < 4.78 is 0. The van der Waals surface area contributed by atoms with E-state index in [-0.39, 0.29) is 5.54 Å². The third-order valence-electron chi connectivity index (χ3n) is 4.54. The van der Waals surface area contributed by atoms with E-state index < -0.39 is 0 Å². The van der Waals surface area contributed by atoms with Crippen LogP contribution >= 0.6 is 0 Å². The number of hydrogen-bond acceptors (Lipinski definition) is 2. The van der Waals surface area contributed by atoms with Crippen molar-refractivity contribution in [1.29, 1.82) is 0 Å². The third-order valence-corrected chi connectivity index (χ3v) is 4.54. The van der Waals surface area contributed by atoms with Gasteiger partial charge in [0.2, 0.25) is 0 Å². The number of rotatable bonds is 6. The third kappa shape index (κ3) is 4.17. The number of allylic oxidation sites excluding steroid dienone is 3. The van der Waals surface area contributed by atoms with Crippen LogP contribution < -0.4 is 5.73 Å². The molecule has 0 aromatic rings. The monoisotopic (exact) mass is 274 g/mol. The molecule has 3 atom stereocenters. The molecule has 2 nitrogen and oxygen atoms in total. The highest BCUT2D eigenvalue weighted by molar-refractivity contribution is 5.56. The van der Waals surface area contributed by atoms with Gasteiger partial charge in [0.05, 0.1) is 5.70 Å². The largest absolute Gasteiger partial charge is 0.322 e. The van der Waals surface area contributed by atoms with Gasteiger partial charge in [-0.2, -0.15) is 0 Å². The first-order chi connectivity index (χ1) is 9.61. The van der Waals surface area contributed by atoms with Gasteiger partial charge >= 0.3 is 0 Å². The second-order valence-electron chi connectivity index (χ2n) is 5.74. The lowest BCUT2D eigenvalue weighted by Gasteiger charge is -2.44. The Morgan fingerprint density at radius 3 is 2.70 bits per heavy atom. The molecule has 20 heavy (non-hydrogen) atoms. The fraction of sp³-hybridized carbons (Fsp3) is 0.611. The first kappa shape index (κ1) is 16.9. The Bertz CT molecular complexity index is 392. The van der Waals surface area contributed by atoms with Gasteiger partial charge in [-0.3, -0.25) is 4.99 Å². The lowest BCUT2D eigenvalue weighted by Crippen LogP contribution is -2.50. The summed E-state index contributed by atoms with van der Waals surface area (Å²) in [5, 5.41) is 0. The van der Waals surface area contributed by atoms with Crippen molar-refractivity contribution in [2.75, 3.05) is 0 Å². The highest BCUT2D eigenvalue weighted by Crippen LogP contribution is 2.41. The number of hydrogen-bond donors (Lipinski definition) is 1. The van der Waals surface area contributed by atoms with Gasteiger partial charge in [-0.05, 0) is 37.3 Å². The van der Waals surface area contributed by atoms with Crippen molar-refractivity contribution in [1.82, 2.24) is 0 Å². The lowest BCUT2D eigenvalue weighted by molar-refractivity contribution is 0.144. The van der Waals surface area contributed by atoms with Crippen molar-refractivity contribution >= 4 is 6.21 Å². The van der Waals surface area contributed by atoms with Crippen LogP contribution in [0.5, 0.6) is 0 Å². The molecule has 2 heteroatoms. The maximum Gasteiger partial charge on any atom is 0.0622 e. The van der Waals surface area contributed by atoms with E-state index in [1.165, 1.54) is 19.3 Å². The zero-order valence-electron chi connectivity index (χ0n) is 13.3. The van der Waals surface area contributed by atoms with E-state index in [4.69, 9.17) is 5.73 Å². The summed E-state index contributed by atoms with van der Waals surface area (Å²) >= 11 is 0. The summed E-state index contributed by atoms with van der Waals surface area (Å²) in [6.07, 6.45) is 15.7. The molecule has 112 valence electrons. The highest BCUT2D eigenvalue weighted by Gasteiger charge is 2.39. The second-order valence-corrected chi connectivity index (χ2v) is 5.74. The van der Waals surface area contributed by atoms with E-state index in [2.05, 4.69) is 37.6 Å². The molecule has 0 spiro atoms. The van der Waals surface area contributed by atoms with Crippen molar-refractivity contribution in [3.8, 4) is 0 Å². The van der Waals surface area contributed by atoms with Gasteiger partial charge in [0.15, 0.2) is 0 Å². The normalized spacial score (nSPS) is 32.1. The maximum absolute atomic E-state index is 6.73. The minimum atomic E-state index is -0.183. The number of nitrogens with two attached hydrogens (primary N) is 1. The van der Waals surface area contributed by atoms with Crippen molar-refractivity contribution < 1.29 is 0 Å². The molecule has 1 aliphatic carbocycles. The summed E-state index contributed by atoms with van der Waals surface area (Å²) in [7, 11) is 0. The van der Waals surface area contributed by atoms with Crippen molar-refractivity contribution in [2.24, 2.45) is 22.6 Å². The van der Waals surface area contributed by atoms with Crippen molar-refractivity contribution in [3.05, 3.63) is 36.6 Å². The average molecular weight is 274 g/mol. The zero-order chi connectivity index (χ0) is 15.0. The SMILES string of the molecule is C=C/C=C(/C=C/C1(N)CCCC(CC)C1CC)N=CC. The van der Waals surface area contributed by atoms with E-state index in [1.807, 2.05) is 13.0 Å². The van der Waals surface area contributed by atoms with Crippen LogP contribution in [-0.2, 0) is 0 Å². The molecule has 1 rings (SSSR count). The maximum atomic E-state index is 6.73. The molecule has 0 radical (unpaired) electrons. The Balaban J connectivity index is 2.95. The van der Waals surface area contributed by atoms with Crippen LogP contribution in [0.25, 0.3) is 0 Å². The second kappa shape index (κ2) is 8.21. The van der Waals surface area contributed by atoms with E-state index >= 15 is 0 Å². The van der Waals surface area contributed by atoms with Crippen molar-refractivity contribution in [2.45, 2.75) is 58.4 Å². The van der Waals surface area contributed by atoms with Crippen LogP contribution in [0.3, 0.4) is 0 Å². The van der Waals surface area contributed by atoms with Crippen LogP contribution in [0.2, 0.25) is 0 Å². The molecule has 1 fully saturated rings. The van der Waals surface area contributed by atoms with Crippen LogP contribution in [-0.4, -0.2) is 11.8 Å². The predicted octanol–water partition coefficient (Wildman–Crippen LogP) is 4.64. The van der Waals surface area contributed by atoms with Crippen LogP contribution in [0.1, 0.15) is 52.9 Å². The molecule has 1 saturated carbocycles. The zero-order valence-corrected chi connectivity index (χ0v) is 13.3. The van der Waals surface area contributed by atoms with E-state index in [9.17, 15) is 0 Å². The fourth-order valence-corrected chi connectivity index (χ4v) is 3.56. The summed E-state index contributed by atoms with van der Waals surface area (Å²) in [6.45, 7) is 10.2. The molecule has 3 unspecified atom stereocenters.